The molecule has 0 aromatic heterocycles. The molecule has 0 aliphatic heterocycles. The summed E-state index contributed by atoms with van der Waals surface area (Å²) in [5.74, 6) is 1.44. The summed E-state index contributed by atoms with van der Waals surface area (Å²) in [6.07, 6.45) is 6.92. The van der Waals surface area contributed by atoms with Crippen LogP contribution in [-0.2, 0) is 14.3 Å². The smallest absolute Gasteiger partial charge is 0.354 e. The molecule has 4 saturated carbocycles. The zero-order valence-corrected chi connectivity index (χ0v) is 11.4. The standard InChI is InChI=1S/C15H21NO3/c1-9(16-10(2)17)14(18)19-15-6-11-3-12(7-15)5-13(4-11)8-15/h11-13H,1,3-8H2,2H3,(H,16,17). The van der Waals surface area contributed by atoms with E-state index in [1.807, 2.05) is 0 Å². The second-order valence-corrected chi connectivity index (χ2v) is 6.65. The molecule has 4 nitrogen and oxygen atoms in total. The predicted octanol–water partition coefficient (Wildman–Crippen LogP) is 2.15. The first-order valence-electron chi connectivity index (χ1n) is 7.15. The van der Waals surface area contributed by atoms with Crippen molar-refractivity contribution in [1.29, 1.82) is 0 Å². The van der Waals surface area contributed by atoms with Crippen LogP contribution < -0.4 is 5.32 Å². The number of nitrogens with one attached hydrogen (secondary N) is 1. The van der Waals surface area contributed by atoms with Gasteiger partial charge in [-0.05, 0) is 56.3 Å². The summed E-state index contributed by atoms with van der Waals surface area (Å²) in [6.45, 7) is 4.95. The van der Waals surface area contributed by atoms with Crippen LogP contribution in [0.4, 0.5) is 0 Å². The highest BCUT2D eigenvalue weighted by molar-refractivity contribution is 5.92. The Labute approximate surface area is 113 Å². The van der Waals surface area contributed by atoms with Gasteiger partial charge in [-0.3, -0.25) is 4.79 Å². The number of hydrogen-bond donors (Lipinski definition) is 1. The van der Waals surface area contributed by atoms with E-state index in [-0.39, 0.29) is 17.2 Å². The van der Waals surface area contributed by atoms with Crippen molar-refractivity contribution in [3.05, 3.63) is 12.3 Å². The molecule has 0 unspecified atom stereocenters. The number of rotatable bonds is 3. The quantitative estimate of drug-likeness (QED) is 0.627. The molecule has 0 spiro atoms. The van der Waals surface area contributed by atoms with Crippen LogP contribution in [0, 0.1) is 17.8 Å². The Morgan fingerprint density at radius 3 is 2.00 bits per heavy atom. The van der Waals surface area contributed by atoms with Crippen LogP contribution in [0.3, 0.4) is 0 Å². The van der Waals surface area contributed by atoms with Gasteiger partial charge in [-0.25, -0.2) is 4.79 Å². The Hall–Kier alpha value is -1.32. The summed E-state index contributed by atoms with van der Waals surface area (Å²) in [4.78, 5) is 23.0. The van der Waals surface area contributed by atoms with Gasteiger partial charge in [-0.2, -0.15) is 0 Å². The Balaban J connectivity index is 1.67. The Bertz CT molecular complexity index is 405. The van der Waals surface area contributed by atoms with E-state index in [0.29, 0.717) is 0 Å². The molecule has 4 rings (SSSR count). The fraction of sp³-hybridized carbons (Fsp3) is 0.733. The molecule has 0 radical (unpaired) electrons. The number of hydrogen-bond acceptors (Lipinski definition) is 3. The summed E-state index contributed by atoms with van der Waals surface area (Å²) >= 11 is 0. The van der Waals surface area contributed by atoms with Gasteiger partial charge in [0.05, 0.1) is 0 Å². The van der Waals surface area contributed by atoms with E-state index in [1.54, 1.807) is 0 Å². The first-order chi connectivity index (χ1) is 8.96. The first-order valence-corrected chi connectivity index (χ1v) is 7.15. The van der Waals surface area contributed by atoms with Crippen molar-refractivity contribution in [2.45, 2.75) is 51.0 Å². The molecule has 0 aromatic carbocycles. The summed E-state index contributed by atoms with van der Waals surface area (Å²) in [7, 11) is 0. The van der Waals surface area contributed by atoms with Crippen LogP contribution in [0.5, 0.6) is 0 Å². The number of esters is 1. The summed E-state index contributed by atoms with van der Waals surface area (Å²) < 4.78 is 5.76. The van der Waals surface area contributed by atoms with Gasteiger partial charge in [0.25, 0.3) is 0 Å². The van der Waals surface area contributed by atoms with Crippen LogP contribution in [0.25, 0.3) is 0 Å². The largest absolute Gasteiger partial charge is 0.454 e. The minimum Gasteiger partial charge on any atom is -0.454 e. The van der Waals surface area contributed by atoms with Gasteiger partial charge in [-0.1, -0.05) is 6.58 Å². The van der Waals surface area contributed by atoms with Crippen molar-refractivity contribution in [3.63, 3.8) is 0 Å². The molecule has 1 N–H and O–H groups in total. The summed E-state index contributed by atoms with van der Waals surface area (Å²) in [5, 5.41) is 2.42. The zero-order valence-electron chi connectivity index (χ0n) is 11.4. The molecular weight excluding hydrogens is 242 g/mol. The monoisotopic (exact) mass is 263 g/mol. The van der Waals surface area contributed by atoms with Crippen LogP contribution in [0.2, 0.25) is 0 Å². The molecule has 0 saturated heterocycles. The third kappa shape index (κ3) is 2.40. The lowest BCUT2D eigenvalue weighted by molar-refractivity contribution is -0.182. The van der Waals surface area contributed by atoms with E-state index >= 15 is 0 Å². The van der Waals surface area contributed by atoms with E-state index in [9.17, 15) is 9.59 Å². The van der Waals surface area contributed by atoms with Crippen LogP contribution >= 0.6 is 0 Å². The number of amides is 1. The van der Waals surface area contributed by atoms with Crippen LogP contribution in [0.15, 0.2) is 12.3 Å². The molecule has 19 heavy (non-hydrogen) atoms. The first kappa shape index (κ1) is 12.7. The van der Waals surface area contributed by atoms with Crippen molar-refractivity contribution in [2.24, 2.45) is 17.8 Å². The van der Waals surface area contributed by atoms with Crippen molar-refractivity contribution in [1.82, 2.24) is 5.32 Å². The van der Waals surface area contributed by atoms with E-state index in [2.05, 4.69) is 11.9 Å². The van der Waals surface area contributed by atoms with E-state index in [4.69, 9.17) is 4.74 Å². The molecular formula is C15H21NO3. The fourth-order valence-electron chi connectivity index (χ4n) is 4.68. The molecule has 0 atom stereocenters. The molecule has 4 aliphatic carbocycles. The van der Waals surface area contributed by atoms with Crippen molar-refractivity contribution in [2.75, 3.05) is 0 Å². The van der Waals surface area contributed by atoms with Gasteiger partial charge in [0.15, 0.2) is 0 Å². The molecule has 4 bridgehead atoms. The third-order valence-corrected chi connectivity index (χ3v) is 4.86. The lowest BCUT2D eigenvalue weighted by Gasteiger charge is -2.55. The maximum atomic E-state index is 12.0. The van der Waals surface area contributed by atoms with Gasteiger partial charge in [-0.15, -0.1) is 0 Å². The summed E-state index contributed by atoms with van der Waals surface area (Å²) in [5.41, 5.74) is -0.212. The average Bonchev–Trinajstić information content (AvgIpc) is 2.24. The Morgan fingerprint density at radius 2 is 1.58 bits per heavy atom. The highest BCUT2D eigenvalue weighted by Crippen LogP contribution is 2.57. The second kappa shape index (κ2) is 4.36. The number of carbonyl (C=O) groups is 2. The molecule has 1 amide bonds. The Morgan fingerprint density at radius 1 is 1.11 bits per heavy atom. The number of carbonyl (C=O) groups excluding carboxylic acids is 2. The maximum absolute atomic E-state index is 12.0. The topological polar surface area (TPSA) is 55.4 Å². The van der Waals surface area contributed by atoms with E-state index < -0.39 is 5.97 Å². The molecule has 0 heterocycles. The summed E-state index contributed by atoms with van der Waals surface area (Å²) in [6, 6.07) is 0. The Kier molecular flexibility index (Phi) is 2.91. The molecule has 4 fully saturated rings. The maximum Gasteiger partial charge on any atom is 0.354 e. The normalized spacial score (nSPS) is 38.9. The van der Waals surface area contributed by atoms with Crippen molar-refractivity contribution < 1.29 is 14.3 Å². The van der Waals surface area contributed by atoms with Crippen molar-refractivity contribution in [3.8, 4) is 0 Å². The van der Waals surface area contributed by atoms with Gasteiger partial charge >= 0.3 is 5.97 Å². The van der Waals surface area contributed by atoms with E-state index in [0.717, 1.165) is 37.0 Å². The van der Waals surface area contributed by atoms with Gasteiger partial charge in [0.1, 0.15) is 11.3 Å². The number of ether oxygens (including phenoxy) is 1. The van der Waals surface area contributed by atoms with Crippen LogP contribution in [-0.4, -0.2) is 17.5 Å². The third-order valence-electron chi connectivity index (χ3n) is 4.86. The van der Waals surface area contributed by atoms with E-state index in [1.165, 1.54) is 26.2 Å². The average molecular weight is 263 g/mol. The van der Waals surface area contributed by atoms with Crippen molar-refractivity contribution >= 4 is 11.9 Å². The predicted molar refractivity (Wildman–Crippen MR) is 70.0 cm³/mol. The van der Waals surface area contributed by atoms with Crippen LogP contribution in [0.1, 0.15) is 45.4 Å². The van der Waals surface area contributed by atoms with Gasteiger partial charge in [0.2, 0.25) is 5.91 Å². The fourth-order valence-corrected chi connectivity index (χ4v) is 4.68. The molecule has 0 aromatic rings. The lowest BCUT2D eigenvalue weighted by atomic mass is 9.54. The lowest BCUT2D eigenvalue weighted by Crippen LogP contribution is -2.53. The highest BCUT2D eigenvalue weighted by atomic mass is 16.6. The molecule has 4 heteroatoms. The highest BCUT2D eigenvalue weighted by Gasteiger charge is 2.53. The minimum absolute atomic E-state index is 0.0586. The zero-order chi connectivity index (χ0) is 13.6. The minimum atomic E-state index is -0.461. The van der Waals surface area contributed by atoms with Gasteiger partial charge in [0, 0.05) is 6.92 Å². The SMILES string of the molecule is C=C(NC(C)=O)C(=O)OC12CC3CC(CC(C3)C1)C2. The van der Waals surface area contributed by atoms with Gasteiger partial charge < -0.3 is 10.1 Å². The second-order valence-electron chi connectivity index (χ2n) is 6.65. The molecule has 104 valence electrons. The molecule has 4 aliphatic rings.